The van der Waals surface area contributed by atoms with Crippen LogP contribution in [0, 0.1) is 11.9 Å². The maximum Gasteiger partial charge on any atom is 0.316 e. The van der Waals surface area contributed by atoms with Crippen LogP contribution >= 0.6 is 11.6 Å². The smallest absolute Gasteiger partial charge is 0.205 e. The van der Waals surface area contributed by atoms with Crippen molar-refractivity contribution in [2.45, 2.75) is 0 Å². The van der Waals surface area contributed by atoms with E-state index in [1.165, 1.54) is 12.1 Å². The minimum absolute atomic E-state index is 0. The van der Waals surface area contributed by atoms with E-state index in [0.717, 1.165) is 0 Å². The van der Waals surface area contributed by atoms with E-state index in [2.05, 4.69) is 6.07 Å². The fourth-order valence-corrected chi connectivity index (χ4v) is 0.509. The van der Waals surface area contributed by atoms with E-state index < -0.39 is 5.82 Å². The van der Waals surface area contributed by atoms with Gasteiger partial charge in [0.1, 0.15) is 5.82 Å². The Labute approximate surface area is 74.2 Å². The van der Waals surface area contributed by atoms with Crippen molar-refractivity contribution < 1.29 is 4.39 Å². The standard InChI is InChI=1S/C6H3ClF.Mg.2H/c7-5-3-1-2-4-6(5)8;;;/h1,3-4H;;;. The van der Waals surface area contributed by atoms with E-state index in [-0.39, 0.29) is 28.1 Å². The molecule has 45 valence electrons. The summed E-state index contributed by atoms with van der Waals surface area (Å²) in [6, 6.07) is 6.75. The van der Waals surface area contributed by atoms with Crippen molar-refractivity contribution >= 4 is 34.7 Å². The largest absolute Gasteiger partial charge is 0.316 e. The zero-order chi connectivity index (χ0) is 5.98. The highest BCUT2D eigenvalue weighted by atomic mass is 35.5. The molecule has 1 aromatic carbocycles. The third kappa shape index (κ3) is 2.52. The lowest BCUT2D eigenvalue weighted by Gasteiger charge is -1.86. The average Bonchev–Trinajstić information content (AvgIpc) is 1.77. The van der Waals surface area contributed by atoms with E-state index in [0.29, 0.717) is 0 Å². The van der Waals surface area contributed by atoms with Gasteiger partial charge in [0.15, 0.2) is 0 Å². The quantitative estimate of drug-likeness (QED) is 0.497. The molecular weight excluding hydrogens is 151 g/mol. The van der Waals surface area contributed by atoms with Gasteiger partial charge in [-0.3, -0.25) is 0 Å². The van der Waals surface area contributed by atoms with E-state index >= 15 is 0 Å². The molecule has 1 aromatic rings. The van der Waals surface area contributed by atoms with Crippen LogP contribution in [0.5, 0.6) is 0 Å². The second-order valence-electron chi connectivity index (χ2n) is 1.34. The van der Waals surface area contributed by atoms with Crippen molar-refractivity contribution in [1.82, 2.24) is 0 Å². The molecule has 1 rings (SSSR count). The number of benzene rings is 1. The fourth-order valence-electron chi connectivity index (χ4n) is 0.391. The van der Waals surface area contributed by atoms with Crippen LogP contribution in [0.1, 0.15) is 0 Å². The molecule has 0 aliphatic carbocycles. The lowest BCUT2D eigenvalue weighted by molar-refractivity contribution is 0.628. The molecule has 0 aliphatic rings. The Hall–Kier alpha value is 0.206. The Bertz CT molecular complexity index is 169. The summed E-state index contributed by atoms with van der Waals surface area (Å²) in [6.45, 7) is 0. The second-order valence-corrected chi connectivity index (χ2v) is 1.75. The van der Waals surface area contributed by atoms with Gasteiger partial charge in [0.2, 0.25) is 0 Å². The lowest BCUT2D eigenvalue weighted by atomic mass is 10.4. The first kappa shape index (κ1) is 9.21. The van der Waals surface area contributed by atoms with Crippen molar-refractivity contribution in [2.24, 2.45) is 0 Å². The van der Waals surface area contributed by atoms with Crippen LogP contribution in [-0.2, 0) is 0 Å². The first-order valence-corrected chi connectivity index (χ1v) is 2.49. The third-order valence-corrected chi connectivity index (χ3v) is 1.07. The van der Waals surface area contributed by atoms with E-state index in [4.69, 9.17) is 11.6 Å². The number of hydrogen-bond donors (Lipinski definition) is 0. The topological polar surface area (TPSA) is 0 Å². The van der Waals surface area contributed by atoms with E-state index in [1.807, 2.05) is 0 Å². The van der Waals surface area contributed by atoms with E-state index in [9.17, 15) is 4.39 Å². The summed E-state index contributed by atoms with van der Waals surface area (Å²) < 4.78 is 12.2. The fraction of sp³-hybridized carbons (Fsp3) is 0. The van der Waals surface area contributed by atoms with Gasteiger partial charge in [0, 0.05) is 0 Å². The molecule has 0 nitrogen and oxygen atoms in total. The molecule has 0 saturated heterocycles. The zero-order valence-electron chi connectivity index (χ0n) is 3.99. The summed E-state index contributed by atoms with van der Waals surface area (Å²) in [5.74, 6) is -0.422. The van der Waals surface area contributed by atoms with Crippen molar-refractivity contribution in [3.8, 4) is 0 Å². The highest BCUT2D eigenvalue weighted by Gasteiger charge is 1.91. The first-order valence-electron chi connectivity index (χ1n) is 2.12. The van der Waals surface area contributed by atoms with Crippen molar-refractivity contribution in [3.63, 3.8) is 0 Å². The normalized spacial score (nSPS) is 8.22. The van der Waals surface area contributed by atoms with Crippen LogP contribution < -0.4 is 0 Å². The third-order valence-electron chi connectivity index (χ3n) is 0.764. The van der Waals surface area contributed by atoms with Crippen LogP contribution in [-0.4, -0.2) is 23.1 Å². The number of halogens is 2. The second kappa shape index (κ2) is 4.09. The van der Waals surface area contributed by atoms with Gasteiger partial charge in [-0.2, -0.15) is 0 Å². The molecule has 9 heavy (non-hydrogen) atoms. The molecular formula is C6H5ClFMg. The predicted octanol–water partition coefficient (Wildman–Crippen LogP) is 1.36. The molecule has 0 bridgehead atoms. The molecule has 0 N–H and O–H groups in total. The Balaban J connectivity index is 0.000000640. The minimum atomic E-state index is -0.422. The molecule has 0 unspecified atom stereocenters. The molecule has 0 spiro atoms. The van der Waals surface area contributed by atoms with E-state index in [1.54, 1.807) is 6.07 Å². The van der Waals surface area contributed by atoms with Crippen molar-refractivity contribution in [1.29, 1.82) is 0 Å². The molecule has 0 fully saturated rings. The first-order chi connectivity index (χ1) is 3.80. The SMILES string of the molecule is Fc1c[c]ccc1Cl.[MgH2]. The summed E-state index contributed by atoms with van der Waals surface area (Å²) in [5, 5.41) is 0.142. The molecule has 1 radical (unpaired) electrons. The summed E-state index contributed by atoms with van der Waals surface area (Å²) in [4.78, 5) is 0. The van der Waals surface area contributed by atoms with Gasteiger partial charge in [-0.1, -0.05) is 17.7 Å². The Morgan fingerprint density at radius 1 is 1.56 bits per heavy atom. The van der Waals surface area contributed by atoms with Crippen molar-refractivity contribution in [3.05, 3.63) is 35.1 Å². The molecule has 0 aliphatic heterocycles. The maximum atomic E-state index is 12.2. The summed E-state index contributed by atoms with van der Waals surface area (Å²) in [7, 11) is 0. The predicted molar refractivity (Wildman–Crippen MR) is 38.8 cm³/mol. The van der Waals surface area contributed by atoms with Gasteiger partial charge in [0.05, 0.1) is 5.02 Å². The Kier molecular flexibility index (Phi) is 4.18. The molecule has 0 atom stereocenters. The van der Waals surface area contributed by atoms with Gasteiger partial charge < -0.3 is 0 Å². The van der Waals surface area contributed by atoms with Gasteiger partial charge in [-0.15, -0.1) is 0 Å². The van der Waals surface area contributed by atoms with Gasteiger partial charge in [-0.25, -0.2) is 4.39 Å². The highest BCUT2D eigenvalue weighted by Crippen LogP contribution is 2.10. The van der Waals surface area contributed by atoms with Crippen molar-refractivity contribution in [2.75, 3.05) is 0 Å². The molecule has 0 heterocycles. The minimum Gasteiger partial charge on any atom is -0.205 e. The summed E-state index contributed by atoms with van der Waals surface area (Å²) in [5.41, 5.74) is 0. The summed E-state index contributed by atoms with van der Waals surface area (Å²) >= 11 is 5.31. The summed E-state index contributed by atoms with van der Waals surface area (Å²) in [6.07, 6.45) is 0. The molecule has 3 heteroatoms. The Morgan fingerprint density at radius 3 is 2.56 bits per heavy atom. The molecule has 0 saturated carbocycles. The maximum absolute atomic E-state index is 12.2. The monoisotopic (exact) mass is 155 g/mol. The van der Waals surface area contributed by atoms with Crippen LogP contribution in [0.2, 0.25) is 5.02 Å². The molecule has 0 aromatic heterocycles. The van der Waals surface area contributed by atoms with Gasteiger partial charge >= 0.3 is 23.1 Å². The van der Waals surface area contributed by atoms with Crippen LogP contribution in [0.25, 0.3) is 0 Å². The van der Waals surface area contributed by atoms with Crippen LogP contribution in [0.4, 0.5) is 4.39 Å². The van der Waals surface area contributed by atoms with Crippen LogP contribution in [0.3, 0.4) is 0 Å². The number of hydrogen-bond acceptors (Lipinski definition) is 0. The van der Waals surface area contributed by atoms with Crippen LogP contribution in [0.15, 0.2) is 18.2 Å². The molecule has 0 amide bonds. The van der Waals surface area contributed by atoms with Gasteiger partial charge in [-0.05, 0) is 18.2 Å². The lowest BCUT2D eigenvalue weighted by Crippen LogP contribution is -1.70. The Morgan fingerprint density at radius 2 is 2.22 bits per heavy atom. The van der Waals surface area contributed by atoms with Gasteiger partial charge in [0.25, 0.3) is 0 Å². The highest BCUT2D eigenvalue weighted by molar-refractivity contribution is 6.30. The average molecular weight is 156 g/mol. The zero-order valence-corrected chi connectivity index (χ0v) is 4.74. The number of rotatable bonds is 0.